The first-order valence-corrected chi connectivity index (χ1v) is 10.9. The second-order valence-electron chi connectivity index (χ2n) is 6.37. The lowest BCUT2D eigenvalue weighted by Crippen LogP contribution is -2.33. The Morgan fingerprint density at radius 2 is 1.72 bits per heavy atom. The summed E-state index contributed by atoms with van der Waals surface area (Å²) in [6.07, 6.45) is -4.89. The van der Waals surface area contributed by atoms with Crippen molar-refractivity contribution in [1.29, 1.82) is 0 Å². The number of benzene rings is 2. The number of nitro benzene ring substituents is 1. The molecule has 0 saturated carbocycles. The highest BCUT2D eigenvalue weighted by Gasteiger charge is 2.33. The van der Waals surface area contributed by atoms with E-state index in [0.29, 0.717) is 17.2 Å². The minimum Gasteiger partial charge on any atom is -0.378 e. The fourth-order valence-corrected chi connectivity index (χ4v) is 3.65. The summed E-state index contributed by atoms with van der Waals surface area (Å²) in [5, 5.41) is 16.5. The third kappa shape index (κ3) is 7.35. The van der Waals surface area contributed by atoms with Gasteiger partial charge in [-0.2, -0.15) is 13.2 Å². The number of alkyl halides is 3. The smallest absolute Gasteiger partial charge is 0.378 e. The summed E-state index contributed by atoms with van der Waals surface area (Å²) in [7, 11) is -3.81. The minimum atomic E-state index is -4.72. The zero-order valence-corrected chi connectivity index (χ0v) is 17.9. The van der Waals surface area contributed by atoms with Gasteiger partial charge in [0.1, 0.15) is 5.69 Å². The molecule has 0 aromatic heterocycles. The molecule has 0 spiro atoms. The number of amides is 1. The Morgan fingerprint density at radius 1 is 1.06 bits per heavy atom. The topological polar surface area (TPSA) is 130 Å². The zero-order chi connectivity index (χ0) is 23.9. The van der Waals surface area contributed by atoms with Gasteiger partial charge in [-0.25, -0.2) is 13.1 Å². The van der Waals surface area contributed by atoms with Crippen molar-refractivity contribution in [3.63, 3.8) is 0 Å². The van der Waals surface area contributed by atoms with E-state index in [4.69, 9.17) is 11.6 Å². The number of hydrogen-bond acceptors (Lipinski definition) is 6. The van der Waals surface area contributed by atoms with Crippen LogP contribution in [0.3, 0.4) is 0 Å². The van der Waals surface area contributed by atoms with E-state index in [1.807, 2.05) is 0 Å². The second-order valence-corrected chi connectivity index (χ2v) is 8.57. The lowest BCUT2D eigenvalue weighted by Gasteiger charge is -2.11. The highest BCUT2D eigenvalue weighted by Crippen LogP contribution is 2.34. The van der Waals surface area contributed by atoms with Crippen LogP contribution in [0.25, 0.3) is 0 Å². The molecule has 0 radical (unpaired) electrons. The summed E-state index contributed by atoms with van der Waals surface area (Å²) in [5.74, 6) is -0.493. The van der Waals surface area contributed by atoms with E-state index in [1.165, 1.54) is 24.3 Å². The molecule has 9 nitrogen and oxygen atoms in total. The fourth-order valence-electron chi connectivity index (χ4n) is 2.49. The largest absolute Gasteiger partial charge is 0.416 e. The van der Waals surface area contributed by atoms with Crippen LogP contribution in [0, 0.1) is 10.1 Å². The van der Waals surface area contributed by atoms with Gasteiger partial charge in [0.15, 0.2) is 0 Å². The van der Waals surface area contributed by atoms with Crippen LogP contribution < -0.4 is 15.4 Å². The van der Waals surface area contributed by atoms with Crippen LogP contribution in [0.4, 0.5) is 24.5 Å². The maximum atomic E-state index is 12.7. The summed E-state index contributed by atoms with van der Waals surface area (Å²) in [5.41, 5.74) is -2.03. The number of carbonyl (C=O) groups is 1. The Bertz CT molecular complexity index is 1080. The lowest BCUT2D eigenvalue weighted by molar-refractivity contribution is -0.384. The Morgan fingerprint density at radius 3 is 2.31 bits per heavy atom. The van der Waals surface area contributed by atoms with Gasteiger partial charge in [0.25, 0.3) is 5.69 Å². The van der Waals surface area contributed by atoms with Crippen LogP contribution in [0.5, 0.6) is 0 Å². The molecule has 0 saturated heterocycles. The van der Waals surface area contributed by atoms with E-state index in [0.717, 1.165) is 6.07 Å². The third-order valence-corrected chi connectivity index (χ3v) is 5.78. The summed E-state index contributed by atoms with van der Waals surface area (Å²) < 4.78 is 64.6. The van der Waals surface area contributed by atoms with Crippen molar-refractivity contribution in [2.45, 2.75) is 17.5 Å². The van der Waals surface area contributed by atoms with Crippen molar-refractivity contribution in [3.05, 3.63) is 63.2 Å². The van der Waals surface area contributed by atoms with E-state index >= 15 is 0 Å². The highest BCUT2D eigenvalue weighted by molar-refractivity contribution is 7.89. The van der Waals surface area contributed by atoms with E-state index in [1.54, 1.807) is 0 Å². The summed E-state index contributed by atoms with van der Waals surface area (Å²) in [6, 6.07) is 7.53. The summed E-state index contributed by atoms with van der Waals surface area (Å²) >= 11 is 5.70. The Balaban J connectivity index is 1.79. The normalized spacial score (nSPS) is 11.8. The predicted molar refractivity (Wildman–Crippen MR) is 111 cm³/mol. The van der Waals surface area contributed by atoms with E-state index in [-0.39, 0.29) is 36.6 Å². The average Bonchev–Trinajstić information content (AvgIpc) is 2.70. The zero-order valence-electron chi connectivity index (χ0n) is 16.3. The number of nitro groups is 1. The monoisotopic (exact) mass is 494 g/mol. The molecule has 0 atom stereocenters. The van der Waals surface area contributed by atoms with Gasteiger partial charge in [0.2, 0.25) is 15.9 Å². The molecule has 32 heavy (non-hydrogen) atoms. The maximum Gasteiger partial charge on any atom is 0.416 e. The standard InChI is InChI=1S/C18H18ClF3N4O5S/c19-13-2-4-14(5-3-13)32(30,31)25-8-7-17(27)24-10-9-23-15-6-1-12(18(20,21)22)11-16(15)26(28)29/h1-6,11,23,25H,7-10H2,(H,24,27). The van der Waals surface area contributed by atoms with Crippen molar-refractivity contribution in [2.75, 3.05) is 25.0 Å². The van der Waals surface area contributed by atoms with Crippen molar-refractivity contribution in [3.8, 4) is 0 Å². The lowest BCUT2D eigenvalue weighted by atomic mass is 10.1. The molecule has 0 aliphatic heterocycles. The molecule has 2 aromatic rings. The second kappa shape index (κ2) is 10.6. The number of nitrogens with one attached hydrogen (secondary N) is 3. The first kappa shape index (κ1) is 25.4. The van der Waals surface area contributed by atoms with E-state index < -0.39 is 38.3 Å². The van der Waals surface area contributed by atoms with Crippen LogP contribution in [0.2, 0.25) is 5.02 Å². The van der Waals surface area contributed by atoms with Crippen LogP contribution in [-0.4, -0.2) is 38.9 Å². The van der Waals surface area contributed by atoms with E-state index in [9.17, 15) is 36.5 Å². The van der Waals surface area contributed by atoms with E-state index in [2.05, 4.69) is 15.4 Å². The van der Waals surface area contributed by atoms with Crippen LogP contribution >= 0.6 is 11.6 Å². The quantitative estimate of drug-likeness (QED) is 0.264. The molecule has 0 heterocycles. The number of sulfonamides is 1. The van der Waals surface area contributed by atoms with Crippen molar-refractivity contribution >= 4 is 38.9 Å². The number of anilines is 1. The Kier molecular flexibility index (Phi) is 8.41. The number of rotatable bonds is 10. The highest BCUT2D eigenvalue weighted by atomic mass is 35.5. The molecule has 174 valence electrons. The van der Waals surface area contributed by atoms with Gasteiger partial charge < -0.3 is 10.6 Å². The molecule has 0 fully saturated rings. The molecule has 0 aliphatic rings. The molecular formula is C18H18ClF3N4O5S. The SMILES string of the molecule is O=C(CCNS(=O)(=O)c1ccc(Cl)cc1)NCCNc1ccc(C(F)(F)F)cc1[N+](=O)[O-]. The van der Waals surface area contributed by atoms with Crippen LogP contribution in [0.1, 0.15) is 12.0 Å². The fraction of sp³-hybridized carbons (Fsp3) is 0.278. The first-order chi connectivity index (χ1) is 14.9. The Labute approximate surface area is 186 Å². The molecule has 2 rings (SSSR count). The van der Waals surface area contributed by atoms with Gasteiger partial charge in [-0.1, -0.05) is 11.6 Å². The molecule has 2 aromatic carbocycles. The van der Waals surface area contributed by atoms with Gasteiger partial charge >= 0.3 is 6.18 Å². The van der Waals surface area contributed by atoms with Crippen molar-refractivity contribution in [2.24, 2.45) is 0 Å². The third-order valence-electron chi connectivity index (χ3n) is 4.05. The first-order valence-electron chi connectivity index (χ1n) is 9.01. The number of nitrogens with zero attached hydrogens (tertiary/aromatic N) is 1. The molecule has 0 unspecified atom stereocenters. The molecule has 0 aliphatic carbocycles. The minimum absolute atomic E-state index is 0.000937. The average molecular weight is 495 g/mol. The van der Waals surface area contributed by atoms with Crippen molar-refractivity contribution in [1.82, 2.24) is 10.0 Å². The van der Waals surface area contributed by atoms with Crippen LogP contribution in [0.15, 0.2) is 47.4 Å². The van der Waals surface area contributed by atoms with Crippen LogP contribution in [-0.2, 0) is 21.0 Å². The summed E-state index contributed by atoms with van der Waals surface area (Å²) in [4.78, 5) is 21.9. The van der Waals surface area contributed by atoms with Gasteiger partial charge in [0.05, 0.1) is 15.4 Å². The van der Waals surface area contributed by atoms with Gasteiger partial charge in [-0.3, -0.25) is 14.9 Å². The summed E-state index contributed by atoms with van der Waals surface area (Å²) in [6.45, 7) is -0.177. The molecular weight excluding hydrogens is 477 g/mol. The maximum absolute atomic E-state index is 12.7. The molecule has 1 amide bonds. The predicted octanol–water partition coefficient (Wildman–Crippen LogP) is 3.16. The number of carbonyl (C=O) groups excluding carboxylic acids is 1. The number of hydrogen-bond donors (Lipinski definition) is 3. The van der Waals surface area contributed by atoms with Crippen molar-refractivity contribution < 1.29 is 31.3 Å². The van der Waals surface area contributed by atoms with Gasteiger partial charge in [-0.05, 0) is 36.4 Å². The molecule has 0 bridgehead atoms. The Hall–Kier alpha value is -2.90. The molecule has 3 N–H and O–H groups in total. The number of halogens is 4. The molecule has 14 heteroatoms. The van der Waals surface area contributed by atoms with Gasteiger partial charge in [0, 0.05) is 37.1 Å². The van der Waals surface area contributed by atoms with Gasteiger partial charge in [-0.15, -0.1) is 0 Å².